The summed E-state index contributed by atoms with van der Waals surface area (Å²) in [6.07, 6.45) is 7.48. The molecule has 0 aliphatic heterocycles. The minimum Gasteiger partial charge on any atom is -0.271 e. The summed E-state index contributed by atoms with van der Waals surface area (Å²) in [7, 11) is 0. The van der Waals surface area contributed by atoms with Gasteiger partial charge in [0, 0.05) is 9.75 Å². The van der Waals surface area contributed by atoms with Crippen molar-refractivity contribution in [2.45, 2.75) is 51.5 Å². The summed E-state index contributed by atoms with van der Waals surface area (Å²) < 4.78 is 0. The lowest BCUT2D eigenvalue weighted by Crippen LogP contribution is -2.28. The minimum atomic E-state index is 0.122. The van der Waals surface area contributed by atoms with E-state index in [1.165, 1.54) is 48.1 Å². The number of hydrogen-bond donors (Lipinski definition) is 2. The number of benzene rings is 1. The van der Waals surface area contributed by atoms with Gasteiger partial charge in [0.05, 0.1) is 6.04 Å². The van der Waals surface area contributed by atoms with Crippen molar-refractivity contribution in [2.75, 3.05) is 0 Å². The molecule has 3 N–H and O–H groups in total. The molecular formula is C18H24N2S. The molecule has 1 atom stereocenters. The zero-order valence-electron chi connectivity index (χ0n) is 12.7. The van der Waals surface area contributed by atoms with Gasteiger partial charge in [-0.3, -0.25) is 5.84 Å². The van der Waals surface area contributed by atoms with Crippen molar-refractivity contribution in [3.05, 3.63) is 56.8 Å². The van der Waals surface area contributed by atoms with Gasteiger partial charge in [-0.2, -0.15) is 0 Å². The number of nitrogens with one attached hydrogen (secondary N) is 1. The van der Waals surface area contributed by atoms with E-state index in [-0.39, 0.29) is 6.04 Å². The Labute approximate surface area is 131 Å². The van der Waals surface area contributed by atoms with E-state index in [4.69, 9.17) is 5.84 Å². The van der Waals surface area contributed by atoms with Crippen LogP contribution in [0.1, 0.15) is 58.7 Å². The maximum Gasteiger partial charge on any atom is 0.0802 e. The molecular weight excluding hydrogens is 276 g/mol. The highest BCUT2D eigenvalue weighted by Crippen LogP contribution is 2.35. The van der Waals surface area contributed by atoms with Crippen molar-refractivity contribution in [3.8, 4) is 0 Å². The third-order valence-electron chi connectivity index (χ3n) is 4.32. The van der Waals surface area contributed by atoms with E-state index in [0.717, 1.165) is 6.42 Å². The van der Waals surface area contributed by atoms with Gasteiger partial charge in [0.15, 0.2) is 0 Å². The summed E-state index contributed by atoms with van der Waals surface area (Å²) >= 11 is 1.93. The third-order valence-corrected chi connectivity index (χ3v) is 5.62. The van der Waals surface area contributed by atoms with Crippen LogP contribution in [0.5, 0.6) is 0 Å². The van der Waals surface area contributed by atoms with E-state index in [2.05, 4.69) is 42.7 Å². The first-order chi connectivity index (χ1) is 10.3. The third kappa shape index (κ3) is 3.20. The molecule has 1 aromatic heterocycles. The van der Waals surface area contributed by atoms with Crippen LogP contribution in [0.4, 0.5) is 0 Å². The molecule has 2 nitrogen and oxygen atoms in total. The summed E-state index contributed by atoms with van der Waals surface area (Å²) in [4.78, 5) is 2.92. The Hall–Kier alpha value is -1.16. The van der Waals surface area contributed by atoms with Crippen LogP contribution >= 0.6 is 11.3 Å². The summed E-state index contributed by atoms with van der Waals surface area (Å²) in [5.41, 5.74) is 7.22. The fourth-order valence-electron chi connectivity index (χ4n) is 3.16. The van der Waals surface area contributed by atoms with Crippen LogP contribution in [0.25, 0.3) is 0 Å². The smallest absolute Gasteiger partial charge is 0.0802 e. The standard InChI is InChI=1S/C18H24N2S/c1-2-5-13-8-10-14(11-9-13)18(20-19)17-12-15-6-3-4-7-16(15)21-17/h8-12,18,20H,2-7,19H2,1H3. The first kappa shape index (κ1) is 14.8. The van der Waals surface area contributed by atoms with Gasteiger partial charge in [-0.05, 0) is 54.9 Å². The Morgan fingerprint density at radius 3 is 2.62 bits per heavy atom. The van der Waals surface area contributed by atoms with Crippen LogP contribution in [0.2, 0.25) is 0 Å². The molecule has 1 aliphatic carbocycles. The fraction of sp³-hybridized carbons (Fsp3) is 0.444. The van der Waals surface area contributed by atoms with E-state index in [9.17, 15) is 0 Å². The predicted octanol–water partition coefficient (Wildman–Crippen LogP) is 4.13. The van der Waals surface area contributed by atoms with E-state index < -0.39 is 0 Å². The zero-order chi connectivity index (χ0) is 14.7. The van der Waals surface area contributed by atoms with E-state index in [1.807, 2.05) is 11.3 Å². The second-order valence-corrected chi connectivity index (χ2v) is 7.06. The summed E-state index contributed by atoms with van der Waals surface area (Å²) in [6, 6.07) is 11.4. The average molecular weight is 300 g/mol. The van der Waals surface area contributed by atoms with Crippen molar-refractivity contribution in [1.29, 1.82) is 0 Å². The van der Waals surface area contributed by atoms with Gasteiger partial charge in [-0.15, -0.1) is 11.3 Å². The second kappa shape index (κ2) is 6.73. The normalized spacial score (nSPS) is 15.7. The Bertz CT molecular complexity index is 562. The fourth-order valence-corrected chi connectivity index (χ4v) is 4.51. The minimum absolute atomic E-state index is 0.122. The van der Waals surface area contributed by atoms with Gasteiger partial charge in [-0.1, -0.05) is 37.6 Å². The SMILES string of the molecule is CCCc1ccc(C(NN)c2cc3c(s2)CCCC3)cc1. The Morgan fingerprint density at radius 2 is 1.95 bits per heavy atom. The van der Waals surface area contributed by atoms with Gasteiger partial charge in [0.2, 0.25) is 0 Å². The van der Waals surface area contributed by atoms with Crippen LogP contribution in [0.3, 0.4) is 0 Å². The molecule has 0 bridgehead atoms. The molecule has 3 rings (SSSR count). The highest BCUT2D eigenvalue weighted by atomic mass is 32.1. The molecule has 0 saturated heterocycles. The van der Waals surface area contributed by atoms with Crippen molar-refractivity contribution in [1.82, 2.24) is 5.43 Å². The summed E-state index contributed by atoms with van der Waals surface area (Å²) in [5.74, 6) is 5.85. The number of hydrogen-bond acceptors (Lipinski definition) is 3. The number of hydrazine groups is 1. The van der Waals surface area contributed by atoms with Crippen LogP contribution in [0.15, 0.2) is 30.3 Å². The molecule has 1 unspecified atom stereocenters. The van der Waals surface area contributed by atoms with Crippen molar-refractivity contribution in [2.24, 2.45) is 5.84 Å². The van der Waals surface area contributed by atoms with E-state index in [1.54, 1.807) is 10.4 Å². The van der Waals surface area contributed by atoms with Crippen LogP contribution < -0.4 is 11.3 Å². The lowest BCUT2D eigenvalue weighted by atomic mass is 9.97. The van der Waals surface area contributed by atoms with Crippen LogP contribution in [0, 0.1) is 0 Å². The molecule has 0 radical (unpaired) electrons. The Kier molecular flexibility index (Phi) is 4.73. The maximum absolute atomic E-state index is 5.85. The quantitative estimate of drug-likeness (QED) is 0.643. The first-order valence-electron chi connectivity index (χ1n) is 7.98. The number of thiophene rings is 1. The molecule has 0 spiro atoms. The van der Waals surface area contributed by atoms with Crippen molar-refractivity contribution in [3.63, 3.8) is 0 Å². The highest BCUT2D eigenvalue weighted by Gasteiger charge is 2.19. The van der Waals surface area contributed by atoms with E-state index >= 15 is 0 Å². The molecule has 0 fully saturated rings. The number of rotatable bonds is 5. The number of aryl methyl sites for hydroxylation is 3. The molecule has 0 saturated carbocycles. The average Bonchev–Trinajstić information content (AvgIpc) is 2.93. The molecule has 112 valence electrons. The van der Waals surface area contributed by atoms with E-state index in [0.29, 0.717) is 0 Å². The van der Waals surface area contributed by atoms with Gasteiger partial charge >= 0.3 is 0 Å². The first-order valence-corrected chi connectivity index (χ1v) is 8.80. The Balaban J connectivity index is 1.85. The maximum atomic E-state index is 5.85. The van der Waals surface area contributed by atoms with Crippen LogP contribution in [-0.2, 0) is 19.3 Å². The second-order valence-electron chi connectivity index (χ2n) is 5.90. The molecule has 1 aromatic carbocycles. The molecule has 3 heteroatoms. The summed E-state index contributed by atoms with van der Waals surface area (Å²) in [5, 5.41) is 0. The number of nitrogens with two attached hydrogens (primary N) is 1. The summed E-state index contributed by atoms with van der Waals surface area (Å²) in [6.45, 7) is 2.22. The molecule has 1 heterocycles. The van der Waals surface area contributed by atoms with Gasteiger partial charge in [0.1, 0.15) is 0 Å². The highest BCUT2D eigenvalue weighted by molar-refractivity contribution is 7.12. The lowest BCUT2D eigenvalue weighted by Gasteiger charge is -2.15. The zero-order valence-corrected chi connectivity index (χ0v) is 13.5. The van der Waals surface area contributed by atoms with Gasteiger partial charge in [-0.25, -0.2) is 5.43 Å². The molecule has 0 amide bonds. The molecule has 21 heavy (non-hydrogen) atoms. The van der Waals surface area contributed by atoms with Crippen molar-refractivity contribution < 1.29 is 0 Å². The van der Waals surface area contributed by atoms with Gasteiger partial charge < -0.3 is 0 Å². The van der Waals surface area contributed by atoms with Crippen molar-refractivity contribution >= 4 is 11.3 Å². The predicted molar refractivity (Wildman–Crippen MR) is 90.6 cm³/mol. The topological polar surface area (TPSA) is 38.0 Å². The molecule has 1 aliphatic rings. The largest absolute Gasteiger partial charge is 0.271 e. The lowest BCUT2D eigenvalue weighted by molar-refractivity contribution is 0.645. The van der Waals surface area contributed by atoms with Crippen LogP contribution in [-0.4, -0.2) is 0 Å². The Morgan fingerprint density at radius 1 is 1.19 bits per heavy atom. The molecule has 2 aromatic rings. The monoisotopic (exact) mass is 300 g/mol. The number of fused-ring (bicyclic) bond motifs is 1. The van der Waals surface area contributed by atoms with Gasteiger partial charge in [0.25, 0.3) is 0 Å².